The Hall–Kier alpha value is -5.10. The van der Waals surface area contributed by atoms with E-state index in [9.17, 15) is 10.3 Å². The number of benzene rings is 3. The number of aliphatic hydroxyl groups is 1. The molecule has 1 aliphatic rings. The second kappa shape index (κ2) is 17.6. The normalized spacial score (nSPS) is 16.9. The van der Waals surface area contributed by atoms with E-state index in [1.807, 2.05) is 38.1 Å². The van der Waals surface area contributed by atoms with Crippen LogP contribution in [-0.2, 0) is 27.2 Å². The zero-order chi connectivity index (χ0) is 33.5. The molecule has 1 amide bonds. The lowest BCUT2D eigenvalue weighted by molar-refractivity contribution is -0.130. The smallest absolute Gasteiger partial charge is 0.266 e. The Bertz CT molecular complexity index is 1620. The minimum Gasteiger partial charge on any atom is -0.494 e. The molecule has 0 saturated carbocycles. The Kier molecular flexibility index (Phi) is 13.0. The molecule has 3 aromatic carbocycles. The van der Waals surface area contributed by atoms with Crippen LogP contribution in [0.1, 0.15) is 55.0 Å². The number of aliphatic imine (C=N–C) groups is 1. The topological polar surface area (TPSA) is 199 Å². The third-order valence-corrected chi connectivity index (χ3v) is 7.38. The molecule has 0 aromatic heterocycles. The Balaban J connectivity index is 1.80. The highest BCUT2D eigenvalue weighted by Gasteiger charge is 2.54. The van der Waals surface area contributed by atoms with Gasteiger partial charge in [0.2, 0.25) is 5.90 Å². The first kappa shape index (κ1) is 34.8. The molecular formula is C33H39N9O5. The van der Waals surface area contributed by atoms with Crippen LogP contribution in [0.25, 0.3) is 20.9 Å². The summed E-state index contributed by atoms with van der Waals surface area (Å²) in [5, 5.41) is 16.7. The van der Waals surface area contributed by atoms with Crippen LogP contribution in [0.3, 0.4) is 0 Å². The van der Waals surface area contributed by atoms with Crippen molar-refractivity contribution in [2.24, 2.45) is 15.2 Å². The summed E-state index contributed by atoms with van der Waals surface area (Å²) in [5.41, 5.74) is 25.4. The highest BCUT2D eigenvalue weighted by atomic mass is 16.5. The summed E-state index contributed by atoms with van der Waals surface area (Å²) in [7, 11) is 0. The first-order chi connectivity index (χ1) is 22.9. The molecule has 47 heavy (non-hydrogen) atoms. The van der Waals surface area contributed by atoms with Crippen molar-refractivity contribution in [3.05, 3.63) is 116 Å². The van der Waals surface area contributed by atoms with E-state index < -0.39 is 17.6 Å². The summed E-state index contributed by atoms with van der Waals surface area (Å²) in [5.74, 6) is 0.354. The number of rotatable bonds is 18. The molecule has 0 spiro atoms. The number of ether oxygens (including phenoxy) is 3. The number of nitrogens with zero attached hydrogens (tertiary/aromatic N) is 7. The predicted octanol–water partition coefficient (Wildman–Crippen LogP) is 6.14. The maximum absolute atomic E-state index is 14.5. The SMILES string of the molecule is CC(C)OCCCNNC(=O)[C@@]1(Cc2ccccc2N=[N+]=[N-])N=C(c2ccc(OCCCO)cc2)O[C@H]1c1ccccc1CN=[N+]=[N-]. The number of amides is 1. The standard InChI is InChI=1S/C33H39N9O5/c1-23(2)45-19-7-17-36-40-32(44)33(21-25-9-4-6-12-29(25)39-42-35)30(28-11-5-3-10-26(28)22-37-41-34)47-31(38-33)24-13-15-27(16-14-24)46-20-8-18-43/h3-6,9-16,23,30,36,43H,7-8,17-22H2,1-2H3,(H,40,44)/t30-,33-/m0/s1. The van der Waals surface area contributed by atoms with Gasteiger partial charge in [-0.1, -0.05) is 58.8 Å². The van der Waals surface area contributed by atoms with Gasteiger partial charge in [0.1, 0.15) is 5.75 Å². The van der Waals surface area contributed by atoms with Crippen molar-refractivity contribution >= 4 is 17.5 Å². The van der Waals surface area contributed by atoms with E-state index in [-0.39, 0.29) is 31.6 Å². The fourth-order valence-corrected chi connectivity index (χ4v) is 5.13. The average Bonchev–Trinajstić information content (AvgIpc) is 3.47. The molecule has 1 heterocycles. The van der Waals surface area contributed by atoms with Crippen LogP contribution in [-0.4, -0.2) is 54.9 Å². The number of carbonyl (C=O) groups is 1. The van der Waals surface area contributed by atoms with Gasteiger partial charge in [0.05, 0.1) is 19.3 Å². The Morgan fingerprint density at radius 3 is 2.49 bits per heavy atom. The highest BCUT2D eigenvalue weighted by Crippen LogP contribution is 2.44. The van der Waals surface area contributed by atoms with Gasteiger partial charge in [-0.05, 0) is 72.3 Å². The fraction of sp³-hybridized carbons (Fsp3) is 0.394. The molecule has 0 saturated heterocycles. The van der Waals surface area contributed by atoms with Gasteiger partial charge in [-0.3, -0.25) is 10.2 Å². The number of hydrogen-bond acceptors (Lipinski definition) is 9. The van der Waals surface area contributed by atoms with E-state index in [2.05, 4.69) is 30.9 Å². The van der Waals surface area contributed by atoms with Crippen molar-refractivity contribution in [2.45, 2.75) is 57.4 Å². The first-order valence-corrected chi connectivity index (χ1v) is 15.4. The summed E-state index contributed by atoms with van der Waals surface area (Å²) in [4.78, 5) is 25.4. The minimum atomic E-state index is -1.60. The fourth-order valence-electron chi connectivity index (χ4n) is 5.13. The number of azide groups is 2. The Labute approximate surface area is 273 Å². The van der Waals surface area contributed by atoms with Gasteiger partial charge in [0.25, 0.3) is 5.91 Å². The van der Waals surface area contributed by atoms with E-state index in [0.717, 1.165) is 0 Å². The molecule has 0 bridgehead atoms. The maximum atomic E-state index is 14.5. The molecule has 14 nitrogen and oxygen atoms in total. The van der Waals surface area contributed by atoms with E-state index in [1.165, 1.54) is 0 Å². The molecule has 3 N–H and O–H groups in total. The molecule has 0 unspecified atom stereocenters. The molecule has 246 valence electrons. The molecule has 3 aromatic rings. The Morgan fingerprint density at radius 2 is 1.77 bits per heavy atom. The number of hydrazine groups is 1. The summed E-state index contributed by atoms with van der Waals surface area (Å²) in [6, 6.07) is 21.4. The second-order valence-electron chi connectivity index (χ2n) is 11.0. The zero-order valence-corrected chi connectivity index (χ0v) is 26.5. The van der Waals surface area contributed by atoms with Crippen LogP contribution < -0.4 is 15.6 Å². The molecular weight excluding hydrogens is 602 g/mol. The molecule has 4 rings (SSSR count). The quantitative estimate of drug-likeness (QED) is 0.0490. The van der Waals surface area contributed by atoms with Crippen molar-refractivity contribution in [1.29, 1.82) is 0 Å². The maximum Gasteiger partial charge on any atom is 0.266 e. The molecule has 0 radical (unpaired) electrons. The van der Waals surface area contributed by atoms with Gasteiger partial charge in [0.15, 0.2) is 11.6 Å². The van der Waals surface area contributed by atoms with Gasteiger partial charge >= 0.3 is 0 Å². The van der Waals surface area contributed by atoms with Crippen LogP contribution in [0.5, 0.6) is 5.75 Å². The number of aliphatic hydroxyl groups excluding tert-OH is 1. The third kappa shape index (κ3) is 9.23. The predicted molar refractivity (Wildman–Crippen MR) is 177 cm³/mol. The van der Waals surface area contributed by atoms with Crippen molar-refractivity contribution in [3.8, 4) is 5.75 Å². The van der Waals surface area contributed by atoms with Crippen molar-refractivity contribution < 1.29 is 24.1 Å². The highest BCUT2D eigenvalue weighted by molar-refractivity contribution is 6.01. The lowest BCUT2D eigenvalue weighted by Crippen LogP contribution is -2.54. The van der Waals surface area contributed by atoms with Crippen LogP contribution in [0.4, 0.5) is 5.69 Å². The van der Waals surface area contributed by atoms with Crippen molar-refractivity contribution in [2.75, 3.05) is 26.4 Å². The summed E-state index contributed by atoms with van der Waals surface area (Å²) in [6.45, 7) is 5.30. The van der Waals surface area contributed by atoms with Crippen LogP contribution in [0.2, 0.25) is 0 Å². The van der Waals surface area contributed by atoms with Crippen LogP contribution in [0, 0.1) is 0 Å². The minimum absolute atomic E-state index is 0.0124. The van der Waals surface area contributed by atoms with Gasteiger partial charge in [-0.2, -0.15) is 0 Å². The number of nitrogens with one attached hydrogen (secondary N) is 2. The van der Waals surface area contributed by atoms with Crippen molar-refractivity contribution in [1.82, 2.24) is 10.9 Å². The van der Waals surface area contributed by atoms with E-state index >= 15 is 0 Å². The Morgan fingerprint density at radius 1 is 1.02 bits per heavy atom. The van der Waals surface area contributed by atoms with E-state index in [0.29, 0.717) is 66.3 Å². The molecule has 0 aliphatic carbocycles. The van der Waals surface area contributed by atoms with Gasteiger partial charge in [0, 0.05) is 53.7 Å². The second-order valence-corrected chi connectivity index (χ2v) is 11.0. The van der Waals surface area contributed by atoms with Crippen LogP contribution >= 0.6 is 0 Å². The zero-order valence-electron chi connectivity index (χ0n) is 26.5. The molecule has 0 fully saturated rings. The van der Waals surface area contributed by atoms with Gasteiger partial charge < -0.3 is 19.3 Å². The summed E-state index contributed by atoms with van der Waals surface area (Å²) < 4.78 is 17.9. The molecule has 2 atom stereocenters. The molecule has 1 aliphatic heterocycles. The first-order valence-electron chi connectivity index (χ1n) is 15.4. The van der Waals surface area contributed by atoms with E-state index in [4.69, 9.17) is 29.8 Å². The number of carbonyl (C=O) groups excluding carboxylic acids is 1. The number of hydrogen-bond donors (Lipinski definition) is 3. The van der Waals surface area contributed by atoms with Crippen molar-refractivity contribution in [3.63, 3.8) is 0 Å². The molecule has 14 heteroatoms. The average molecular weight is 642 g/mol. The van der Waals surface area contributed by atoms with Gasteiger partial charge in [-0.25, -0.2) is 10.4 Å². The monoisotopic (exact) mass is 641 g/mol. The summed E-state index contributed by atoms with van der Waals surface area (Å²) >= 11 is 0. The lowest BCUT2D eigenvalue weighted by atomic mass is 9.80. The lowest BCUT2D eigenvalue weighted by Gasteiger charge is -2.32. The van der Waals surface area contributed by atoms with Gasteiger partial charge in [-0.15, -0.1) is 0 Å². The van der Waals surface area contributed by atoms with Crippen LogP contribution in [0.15, 0.2) is 88.0 Å². The summed E-state index contributed by atoms with van der Waals surface area (Å²) in [6.07, 6.45) is 0.301. The third-order valence-electron chi connectivity index (χ3n) is 7.38. The largest absolute Gasteiger partial charge is 0.494 e. The van der Waals surface area contributed by atoms with E-state index in [1.54, 1.807) is 48.5 Å².